The number of rotatable bonds is 4. The van der Waals surface area contributed by atoms with Gasteiger partial charge in [0.25, 0.3) is 11.8 Å². The second kappa shape index (κ2) is 7.27. The molecule has 9 heteroatoms. The molecule has 0 spiro atoms. The molecule has 9 nitrogen and oxygen atoms in total. The van der Waals surface area contributed by atoms with Gasteiger partial charge in [0.15, 0.2) is 0 Å². The van der Waals surface area contributed by atoms with E-state index in [1.807, 2.05) is 13.8 Å². The average molecular weight is 390 g/mol. The van der Waals surface area contributed by atoms with E-state index in [1.165, 1.54) is 6.20 Å². The fourth-order valence-electron chi connectivity index (χ4n) is 3.14. The van der Waals surface area contributed by atoms with Gasteiger partial charge in [0.1, 0.15) is 16.7 Å². The molecule has 0 saturated carbocycles. The maximum absolute atomic E-state index is 12.8. The average Bonchev–Trinajstić information content (AvgIpc) is 3.16. The number of benzene rings is 1. The second-order valence-electron chi connectivity index (χ2n) is 6.55. The number of carbonyl (C=O) groups is 2. The molecule has 0 fully saturated rings. The van der Waals surface area contributed by atoms with Gasteiger partial charge in [0.05, 0.1) is 17.4 Å². The normalized spacial score (nSPS) is 11.1. The van der Waals surface area contributed by atoms with Crippen molar-refractivity contribution in [3.8, 4) is 0 Å². The quantitative estimate of drug-likeness (QED) is 0.566. The minimum absolute atomic E-state index is 0.0405. The SMILES string of the molecule is CCn1cc(C(=O)NCC(=O)n2nnc3ccccc32)c(=O)c2ccc(C)nc21. The van der Waals surface area contributed by atoms with Crippen LogP contribution in [0.15, 0.2) is 47.4 Å². The minimum Gasteiger partial charge on any atom is -0.343 e. The standard InChI is InChI=1S/C20H18N6O3/c1-3-25-11-14(18(28)13-9-8-12(2)22-19(13)25)20(29)21-10-17(27)26-16-7-5-4-6-15(16)23-24-26/h4-9,11H,3,10H2,1-2H3,(H,21,29). The van der Waals surface area contributed by atoms with Gasteiger partial charge in [-0.25, -0.2) is 4.98 Å². The van der Waals surface area contributed by atoms with Crippen molar-refractivity contribution in [3.05, 3.63) is 64.1 Å². The van der Waals surface area contributed by atoms with Crippen LogP contribution in [0.5, 0.6) is 0 Å². The Morgan fingerprint density at radius 2 is 1.93 bits per heavy atom. The van der Waals surface area contributed by atoms with E-state index < -0.39 is 17.2 Å². The summed E-state index contributed by atoms with van der Waals surface area (Å²) in [7, 11) is 0. The highest BCUT2D eigenvalue weighted by Gasteiger charge is 2.18. The van der Waals surface area contributed by atoms with Gasteiger partial charge in [-0.1, -0.05) is 17.3 Å². The summed E-state index contributed by atoms with van der Waals surface area (Å²) in [6, 6.07) is 10.4. The van der Waals surface area contributed by atoms with E-state index >= 15 is 0 Å². The van der Waals surface area contributed by atoms with Crippen molar-refractivity contribution in [1.29, 1.82) is 0 Å². The van der Waals surface area contributed by atoms with Gasteiger partial charge in [0, 0.05) is 18.4 Å². The van der Waals surface area contributed by atoms with E-state index in [4.69, 9.17) is 0 Å². The first-order valence-corrected chi connectivity index (χ1v) is 9.12. The number of nitrogens with one attached hydrogen (secondary N) is 1. The number of hydrogen-bond acceptors (Lipinski definition) is 6. The number of aryl methyl sites for hydroxylation is 2. The number of aromatic nitrogens is 5. The van der Waals surface area contributed by atoms with Crippen LogP contribution in [0.2, 0.25) is 0 Å². The topological polar surface area (TPSA) is 112 Å². The number of fused-ring (bicyclic) bond motifs is 2. The molecule has 146 valence electrons. The molecule has 4 rings (SSSR count). The van der Waals surface area contributed by atoms with Gasteiger partial charge in [-0.15, -0.1) is 5.10 Å². The van der Waals surface area contributed by atoms with Crippen molar-refractivity contribution >= 4 is 33.9 Å². The van der Waals surface area contributed by atoms with E-state index in [0.717, 1.165) is 10.4 Å². The van der Waals surface area contributed by atoms with E-state index in [2.05, 4.69) is 20.6 Å². The molecule has 0 aliphatic rings. The van der Waals surface area contributed by atoms with Crippen LogP contribution in [0.4, 0.5) is 0 Å². The molecule has 0 saturated heterocycles. The lowest BCUT2D eigenvalue weighted by atomic mass is 10.1. The Balaban J connectivity index is 1.61. The Morgan fingerprint density at radius 3 is 2.72 bits per heavy atom. The molecule has 3 heterocycles. The van der Waals surface area contributed by atoms with Gasteiger partial charge in [-0.2, -0.15) is 4.68 Å². The predicted octanol–water partition coefficient (Wildman–Crippen LogP) is 1.54. The van der Waals surface area contributed by atoms with Crippen LogP contribution in [0.1, 0.15) is 27.8 Å². The number of hydrogen-bond donors (Lipinski definition) is 1. The van der Waals surface area contributed by atoms with Crippen LogP contribution in [-0.2, 0) is 6.54 Å². The first-order valence-electron chi connectivity index (χ1n) is 9.12. The number of para-hydroxylation sites is 1. The van der Waals surface area contributed by atoms with Gasteiger partial charge in [-0.3, -0.25) is 14.4 Å². The monoisotopic (exact) mass is 390 g/mol. The van der Waals surface area contributed by atoms with Crippen LogP contribution in [-0.4, -0.2) is 42.9 Å². The third-order valence-electron chi connectivity index (χ3n) is 4.63. The summed E-state index contributed by atoms with van der Waals surface area (Å²) in [5, 5.41) is 10.6. The van der Waals surface area contributed by atoms with E-state index in [9.17, 15) is 14.4 Å². The highest BCUT2D eigenvalue weighted by molar-refractivity contribution is 5.99. The fourth-order valence-corrected chi connectivity index (χ4v) is 3.14. The van der Waals surface area contributed by atoms with Gasteiger partial charge in [-0.05, 0) is 38.1 Å². The molecule has 3 aromatic heterocycles. The van der Waals surface area contributed by atoms with Crippen LogP contribution < -0.4 is 10.7 Å². The highest BCUT2D eigenvalue weighted by Crippen LogP contribution is 2.11. The molecule has 0 atom stereocenters. The van der Waals surface area contributed by atoms with Gasteiger partial charge >= 0.3 is 0 Å². The number of amides is 1. The van der Waals surface area contributed by atoms with Crippen molar-refractivity contribution < 1.29 is 9.59 Å². The smallest absolute Gasteiger partial charge is 0.268 e. The van der Waals surface area contributed by atoms with Gasteiger partial charge in [0.2, 0.25) is 5.43 Å². The Morgan fingerprint density at radius 1 is 1.14 bits per heavy atom. The second-order valence-corrected chi connectivity index (χ2v) is 6.55. The molecule has 1 N–H and O–H groups in total. The van der Waals surface area contributed by atoms with Crippen LogP contribution >= 0.6 is 0 Å². The molecule has 0 aliphatic carbocycles. The molecule has 0 bridgehead atoms. The number of nitrogens with zero attached hydrogens (tertiary/aromatic N) is 5. The van der Waals surface area contributed by atoms with E-state index in [1.54, 1.807) is 41.0 Å². The van der Waals surface area contributed by atoms with Crippen LogP contribution in [0.25, 0.3) is 22.1 Å². The lowest BCUT2D eigenvalue weighted by Gasteiger charge is -2.11. The Kier molecular flexibility index (Phi) is 4.63. The third-order valence-corrected chi connectivity index (χ3v) is 4.63. The van der Waals surface area contributed by atoms with E-state index in [0.29, 0.717) is 28.6 Å². The maximum atomic E-state index is 12.8. The largest absolute Gasteiger partial charge is 0.343 e. The first-order chi connectivity index (χ1) is 14.0. The zero-order valence-corrected chi connectivity index (χ0v) is 15.9. The molecule has 1 aromatic carbocycles. The number of carbonyl (C=O) groups excluding carboxylic acids is 2. The summed E-state index contributed by atoms with van der Waals surface area (Å²) in [6.07, 6.45) is 1.47. The first kappa shape index (κ1) is 18.5. The van der Waals surface area contributed by atoms with Crippen molar-refractivity contribution in [3.63, 3.8) is 0 Å². The Labute approximate surface area is 165 Å². The molecule has 1 amide bonds. The lowest BCUT2D eigenvalue weighted by Crippen LogP contribution is -2.35. The van der Waals surface area contributed by atoms with Crippen molar-refractivity contribution in [2.24, 2.45) is 0 Å². The molecular weight excluding hydrogens is 372 g/mol. The lowest BCUT2D eigenvalue weighted by molar-refractivity contribution is 0.0852. The molecule has 4 aromatic rings. The van der Waals surface area contributed by atoms with Crippen LogP contribution in [0.3, 0.4) is 0 Å². The molecule has 0 unspecified atom stereocenters. The Bertz CT molecular complexity index is 1320. The minimum atomic E-state index is -0.627. The van der Waals surface area contributed by atoms with Crippen molar-refractivity contribution in [1.82, 2.24) is 29.9 Å². The Hall–Kier alpha value is -3.88. The summed E-state index contributed by atoms with van der Waals surface area (Å²) < 4.78 is 2.87. The molecule has 0 radical (unpaired) electrons. The molecular formula is C20H18N6O3. The molecule has 0 aliphatic heterocycles. The molecule has 29 heavy (non-hydrogen) atoms. The third kappa shape index (κ3) is 3.27. The predicted molar refractivity (Wildman–Crippen MR) is 107 cm³/mol. The van der Waals surface area contributed by atoms with Crippen molar-refractivity contribution in [2.75, 3.05) is 6.54 Å². The van der Waals surface area contributed by atoms with Crippen molar-refractivity contribution in [2.45, 2.75) is 20.4 Å². The number of pyridine rings is 2. The highest BCUT2D eigenvalue weighted by atomic mass is 16.2. The summed E-state index contributed by atoms with van der Waals surface area (Å²) >= 11 is 0. The summed E-state index contributed by atoms with van der Waals surface area (Å²) in [6.45, 7) is 3.96. The maximum Gasteiger partial charge on any atom is 0.268 e. The summed E-state index contributed by atoms with van der Waals surface area (Å²) in [5.74, 6) is -1.08. The zero-order valence-electron chi connectivity index (χ0n) is 15.9. The van der Waals surface area contributed by atoms with Crippen LogP contribution in [0, 0.1) is 6.92 Å². The fraction of sp³-hybridized carbons (Fsp3) is 0.200. The summed E-state index contributed by atoms with van der Waals surface area (Å²) in [5.41, 5.74) is 1.97. The zero-order chi connectivity index (χ0) is 20.5. The van der Waals surface area contributed by atoms with E-state index in [-0.39, 0.29) is 12.1 Å². The summed E-state index contributed by atoms with van der Waals surface area (Å²) in [4.78, 5) is 42.3. The van der Waals surface area contributed by atoms with Gasteiger partial charge < -0.3 is 9.88 Å².